The summed E-state index contributed by atoms with van der Waals surface area (Å²) in [7, 11) is -9.90. The summed E-state index contributed by atoms with van der Waals surface area (Å²) in [4.78, 5) is 72.5. The molecule has 0 heterocycles. The minimum absolute atomic E-state index is 0.103. The first-order chi connectivity index (χ1) is 42.6. The lowest BCUT2D eigenvalue weighted by Gasteiger charge is -2.21. The maximum absolute atomic E-state index is 13.0. The molecule has 0 spiro atoms. The van der Waals surface area contributed by atoms with E-state index >= 15 is 0 Å². The van der Waals surface area contributed by atoms with Crippen LogP contribution in [-0.2, 0) is 65.4 Å². The first kappa shape index (κ1) is 87.1. The molecule has 0 aromatic carbocycles. The summed E-state index contributed by atoms with van der Waals surface area (Å²) in [5.41, 5.74) is 0. The van der Waals surface area contributed by atoms with Gasteiger partial charge in [0.2, 0.25) is 0 Å². The quantitative estimate of drug-likeness (QED) is 0.0222. The van der Waals surface area contributed by atoms with Crippen molar-refractivity contribution in [2.45, 2.75) is 363 Å². The van der Waals surface area contributed by atoms with Crippen molar-refractivity contribution in [2.75, 3.05) is 39.6 Å². The Hall–Kier alpha value is -1.94. The molecule has 0 amide bonds. The summed E-state index contributed by atoms with van der Waals surface area (Å²) in [6.07, 6.45) is 41.9. The van der Waals surface area contributed by atoms with Crippen LogP contribution in [0.2, 0.25) is 0 Å². The number of carbonyl (C=O) groups excluding carboxylic acids is 4. The maximum Gasteiger partial charge on any atom is 0.472 e. The number of unbranched alkanes of at least 4 members (excludes halogenated alkanes) is 33. The first-order valence-corrected chi connectivity index (χ1v) is 39.2. The Morgan fingerprint density at radius 1 is 0.281 bits per heavy atom. The SMILES string of the molecule is CC(C)CCCCCCCCCCCCCCCCC(=O)OC[C@H](COP(=O)(O)OCC(O)COP(=O)(O)OC[C@@H](COC(=O)CCCCCCCCCCC(C)C)OC(=O)CCCCCCCCCCC(C)C)OC(=O)CCCCCCCCCC(C)C. The zero-order chi connectivity index (χ0) is 66.1. The summed E-state index contributed by atoms with van der Waals surface area (Å²) in [5.74, 6) is 0.806. The van der Waals surface area contributed by atoms with E-state index in [1.54, 1.807) is 0 Å². The Labute approximate surface area is 543 Å². The first-order valence-electron chi connectivity index (χ1n) is 36.2. The molecule has 5 atom stereocenters. The van der Waals surface area contributed by atoms with Crippen molar-refractivity contribution in [1.82, 2.24) is 0 Å². The summed E-state index contributed by atoms with van der Waals surface area (Å²) in [5, 5.41) is 10.6. The number of hydrogen-bond acceptors (Lipinski definition) is 15. The highest BCUT2D eigenvalue weighted by atomic mass is 31.2. The van der Waals surface area contributed by atoms with Gasteiger partial charge in [0.25, 0.3) is 0 Å². The van der Waals surface area contributed by atoms with Crippen molar-refractivity contribution in [3.05, 3.63) is 0 Å². The molecule has 17 nitrogen and oxygen atoms in total. The average molecular weight is 1310 g/mol. The highest BCUT2D eigenvalue weighted by Crippen LogP contribution is 2.45. The fourth-order valence-corrected chi connectivity index (χ4v) is 12.1. The minimum Gasteiger partial charge on any atom is -0.462 e. The molecule has 3 N–H and O–H groups in total. The smallest absolute Gasteiger partial charge is 0.462 e. The molecule has 0 saturated carbocycles. The molecule has 0 rings (SSSR count). The molecule has 0 aliphatic carbocycles. The molecule has 3 unspecified atom stereocenters. The third-order valence-electron chi connectivity index (χ3n) is 16.1. The lowest BCUT2D eigenvalue weighted by molar-refractivity contribution is -0.161. The molecule has 89 heavy (non-hydrogen) atoms. The highest BCUT2D eigenvalue weighted by molar-refractivity contribution is 7.47. The van der Waals surface area contributed by atoms with E-state index < -0.39 is 97.5 Å². The van der Waals surface area contributed by atoms with E-state index in [4.69, 9.17) is 37.0 Å². The summed E-state index contributed by atoms with van der Waals surface area (Å²) in [6, 6.07) is 0. The van der Waals surface area contributed by atoms with E-state index in [1.165, 1.54) is 148 Å². The second-order valence-electron chi connectivity index (χ2n) is 27.2. The van der Waals surface area contributed by atoms with Crippen molar-refractivity contribution >= 4 is 39.5 Å². The molecular formula is C70H136O17P2. The number of rotatable bonds is 67. The molecule has 0 aliphatic rings. The van der Waals surface area contributed by atoms with E-state index in [2.05, 4.69) is 55.4 Å². The lowest BCUT2D eigenvalue weighted by Crippen LogP contribution is -2.30. The van der Waals surface area contributed by atoms with Crippen LogP contribution >= 0.6 is 15.6 Å². The maximum atomic E-state index is 13.0. The van der Waals surface area contributed by atoms with Gasteiger partial charge in [-0.05, 0) is 49.4 Å². The van der Waals surface area contributed by atoms with Gasteiger partial charge in [0.15, 0.2) is 12.2 Å². The Bertz CT molecular complexity index is 1760. The van der Waals surface area contributed by atoms with Crippen molar-refractivity contribution in [3.8, 4) is 0 Å². The Morgan fingerprint density at radius 2 is 0.472 bits per heavy atom. The second-order valence-corrected chi connectivity index (χ2v) is 30.1. The van der Waals surface area contributed by atoms with Crippen LogP contribution in [0, 0.1) is 23.7 Å². The number of carbonyl (C=O) groups is 4. The molecule has 0 radical (unpaired) electrons. The van der Waals surface area contributed by atoms with Crippen LogP contribution in [0.4, 0.5) is 0 Å². The number of hydrogen-bond donors (Lipinski definition) is 3. The lowest BCUT2D eigenvalue weighted by atomic mass is 10.0. The van der Waals surface area contributed by atoms with Gasteiger partial charge in [0.1, 0.15) is 19.3 Å². The fourth-order valence-electron chi connectivity index (χ4n) is 10.5. The predicted octanol–water partition coefficient (Wildman–Crippen LogP) is 19.7. The van der Waals surface area contributed by atoms with E-state index in [9.17, 15) is 43.2 Å². The monoisotopic (exact) mass is 1310 g/mol. The van der Waals surface area contributed by atoms with Gasteiger partial charge in [0.05, 0.1) is 26.4 Å². The minimum atomic E-state index is -4.95. The summed E-state index contributed by atoms with van der Waals surface area (Å²) < 4.78 is 68.2. The molecule has 0 aromatic rings. The standard InChI is InChI=1S/C70H136O17P2/c1-60(2)46-38-30-22-15-13-11-9-10-12-14-16-26-34-42-50-67(72)80-57-66(87-70(75)53-45-37-29-21-25-33-41-49-63(7)8)59-85-89(78,79)83-55-64(71)54-82-88(76,77)84-58-65(86-69(74)52-44-36-28-20-18-24-32-40-48-62(5)6)56-81-68(73)51-43-35-27-19-17-23-31-39-47-61(3)4/h60-66,71H,9-59H2,1-8H3,(H,76,77)(H,78,79)/t64?,65-,66-/m1/s1. The molecule has 0 bridgehead atoms. The number of aliphatic hydroxyl groups excluding tert-OH is 1. The van der Waals surface area contributed by atoms with Gasteiger partial charge < -0.3 is 33.8 Å². The molecule has 19 heteroatoms. The van der Waals surface area contributed by atoms with Crippen LogP contribution in [0.5, 0.6) is 0 Å². The van der Waals surface area contributed by atoms with Gasteiger partial charge in [-0.1, -0.05) is 293 Å². The predicted molar refractivity (Wildman–Crippen MR) is 358 cm³/mol. The van der Waals surface area contributed by atoms with Gasteiger partial charge in [-0.25, -0.2) is 9.13 Å². The van der Waals surface area contributed by atoms with Crippen molar-refractivity contribution in [2.24, 2.45) is 23.7 Å². The van der Waals surface area contributed by atoms with Crippen molar-refractivity contribution in [1.29, 1.82) is 0 Å². The molecular weight excluding hydrogens is 1170 g/mol. The van der Waals surface area contributed by atoms with Crippen LogP contribution < -0.4 is 0 Å². The number of phosphoric acid groups is 2. The van der Waals surface area contributed by atoms with Crippen molar-refractivity contribution < 1.29 is 80.2 Å². The van der Waals surface area contributed by atoms with E-state index in [0.29, 0.717) is 31.6 Å². The fraction of sp³-hybridized carbons (Fsp3) is 0.943. The van der Waals surface area contributed by atoms with E-state index in [-0.39, 0.29) is 25.7 Å². The van der Waals surface area contributed by atoms with Gasteiger partial charge in [-0.2, -0.15) is 0 Å². The summed E-state index contributed by atoms with van der Waals surface area (Å²) in [6.45, 7) is 14.0. The van der Waals surface area contributed by atoms with E-state index in [0.717, 1.165) is 108 Å². The van der Waals surface area contributed by atoms with Gasteiger partial charge in [-0.15, -0.1) is 0 Å². The average Bonchev–Trinajstić information content (AvgIpc) is 3.69. The Kier molecular flexibility index (Phi) is 58.5. The summed E-state index contributed by atoms with van der Waals surface area (Å²) >= 11 is 0. The highest BCUT2D eigenvalue weighted by Gasteiger charge is 2.30. The van der Waals surface area contributed by atoms with Crippen LogP contribution in [0.25, 0.3) is 0 Å². The zero-order valence-electron chi connectivity index (χ0n) is 58.1. The zero-order valence-corrected chi connectivity index (χ0v) is 59.8. The van der Waals surface area contributed by atoms with Crippen LogP contribution in [0.3, 0.4) is 0 Å². The van der Waals surface area contributed by atoms with Gasteiger partial charge in [-0.3, -0.25) is 37.3 Å². The third kappa shape index (κ3) is 64.6. The molecule has 0 aromatic heterocycles. The Morgan fingerprint density at radius 3 is 0.697 bits per heavy atom. The molecule has 528 valence electrons. The van der Waals surface area contributed by atoms with Gasteiger partial charge in [0, 0.05) is 25.7 Å². The molecule has 0 fully saturated rings. The molecule has 0 aliphatic heterocycles. The Balaban J connectivity index is 5.20. The number of aliphatic hydroxyl groups is 1. The van der Waals surface area contributed by atoms with Crippen LogP contribution in [0.15, 0.2) is 0 Å². The van der Waals surface area contributed by atoms with Crippen LogP contribution in [0.1, 0.15) is 344 Å². The van der Waals surface area contributed by atoms with Crippen molar-refractivity contribution in [3.63, 3.8) is 0 Å². The molecule has 0 saturated heterocycles. The number of esters is 4. The third-order valence-corrected chi connectivity index (χ3v) is 18.0. The van der Waals surface area contributed by atoms with Crippen LogP contribution in [-0.4, -0.2) is 96.7 Å². The number of ether oxygens (including phenoxy) is 4. The van der Waals surface area contributed by atoms with E-state index in [1.807, 2.05) is 0 Å². The normalized spacial score (nSPS) is 14.3. The second kappa shape index (κ2) is 59.8. The number of phosphoric ester groups is 2. The van der Waals surface area contributed by atoms with Gasteiger partial charge >= 0.3 is 39.5 Å². The largest absolute Gasteiger partial charge is 0.472 e. The topological polar surface area (TPSA) is 237 Å².